The molecule has 1 rings (SSSR count). The number of nitrogens with zero attached hydrogens (tertiary/aromatic N) is 3. The summed E-state index contributed by atoms with van der Waals surface area (Å²) in [5, 5.41) is 13.9. The maximum absolute atomic E-state index is 11.1. The summed E-state index contributed by atoms with van der Waals surface area (Å²) in [6.45, 7) is 6.01. The number of rotatable bonds is 8. The van der Waals surface area contributed by atoms with Crippen LogP contribution in [0.4, 0.5) is 11.5 Å². The Labute approximate surface area is 110 Å². The standard InChI is InChI=1S/C11H16N4O4/c1-4-5-12-10-9(15(16)17)11(14-8(2)13-10)19-7-6-18-3/h4H,1,5-7H2,2-3H3,(H,12,13,14). The first-order chi connectivity index (χ1) is 9.10. The van der Waals surface area contributed by atoms with E-state index in [0.717, 1.165) is 0 Å². The molecule has 19 heavy (non-hydrogen) atoms. The predicted molar refractivity (Wildman–Crippen MR) is 69.5 cm³/mol. The van der Waals surface area contributed by atoms with Gasteiger partial charge in [0.25, 0.3) is 5.88 Å². The quantitative estimate of drug-likeness (QED) is 0.328. The van der Waals surface area contributed by atoms with E-state index < -0.39 is 4.92 Å². The molecular formula is C11H16N4O4. The molecule has 0 spiro atoms. The zero-order valence-corrected chi connectivity index (χ0v) is 10.9. The van der Waals surface area contributed by atoms with Gasteiger partial charge in [0.1, 0.15) is 12.4 Å². The molecule has 0 aliphatic rings. The molecule has 8 nitrogen and oxygen atoms in total. The maximum atomic E-state index is 11.1. The van der Waals surface area contributed by atoms with Crippen molar-refractivity contribution in [2.75, 3.05) is 32.2 Å². The number of nitro groups is 1. The molecule has 0 aromatic carbocycles. The second kappa shape index (κ2) is 7.27. The third-order valence-corrected chi connectivity index (χ3v) is 2.09. The van der Waals surface area contributed by atoms with Gasteiger partial charge in [-0.3, -0.25) is 10.1 Å². The van der Waals surface area contributed by atoms with Gasteiger partial charge in [0.05, 0.1) is 11.5 Å². The van der Waals surface area contributed by atoms with Crippen molar-refractivity contribution >= 4 is 11.5 Å². The Morgan fingerprint density at radius 3 is 2.79 bits per heavy atom. The Kier molecular flexibility index (Phi) is 5.68. The normalized spacial score (nSPS) is 10.0. The van der Waals surface area contributed by atoms with Crippen LogP contribution < -0.4 is 10.1 Å². The summed E-state index contributed by atoms with van der Waals surface area (Å²) in [5.74, 6) is 0.426. The summed E-state index contributed by atoms with van der Waals surface area (Å²) in [6.07, 6.45) is 1.58. The SMILES string of the molecule is C=CCNc1nc(C)nc(OCCOC)c1[N+](=O)[O-]. The average molecular weight is 268 g/mol. The zero-order chi connectivity index (χ0) is 14.3. The lowest BCUT2D eigenvalue weighted by atomic mass is 10.4. The van der Waals surface area contributed by atoms with Crippen LogP contribution in [0.25, 0.3) is 0 Å². The van der Waals surface area contributed by atoms with Crippen molar-refractivity contribution in [2.45, 2.75) is 6.92 Å². The summed E-state index contributed by atoms with van der Waals surface area (Å²) in [4.78, 5) is 18.5. The van der Waals surface area contributed by atoms with E-state index >= 15 is 0 Å². The first-order valence-electron chi connectivity index (χ1n) is 5.59. The van der Waals surface area contributed by atoms with Gasteiger partial charge in [0.15, 0.2) is 0 Å². The molecule has 1 aromatic rings. The number of hydrogen-bond acceptors (Lipinski definition) is 7. The first-order valence-corrected chi connectivity index (χ1v) is 5.59. The Bertz CT molecular complexity index is 464. The van der Waals surface area contributed by atoms with E-state index in [1.54, 1.807) is 13.0 Å². The molecule has 1 heterocycles. The van der Waals surface area contributed by atoms with Gasteiger partial charge in [-0.2, -0.15) is 4.98 Å². The Hall–Kier alpha value is -2.22. The fourth-order valence-corrected chi connectivity index (χ4v) is 1.32. The van der Waals surface area contributed by atoms with E-state index in [9.17, 15) is 10.1 Å². The lowest BCUT2D eigenvalue weighted by molar-refractivity contribution is -0.385. The van der Waals surface area contributed by atoms with Crippen LogP contribution in [-0.4, -0.2) is 41.8 Å². The third kappa shape index (κ3) is 4.18. The van der Waals surface area contributed by atoms with Gasteiger partial charge in [0, 0.05) is 13.7 Å². The summed E-state index contributed by atoms with van der Waals surface area (Å²) in [7, 11) is 1.51. The van der Waals surface area contributed by atoms with Crippen molar-refractivity contribution < 1.29 is 14.4 Å². The van der Waals surface area contributed by atoms with Crippen molar-refractivity contribution in [3.05, 3.63) is 28.6 Å². The minimum absolute atomic E-state index is 0.0684. The van der Waals surface area contributed by atoms with Gasteiger partial charge in [-0.25, -0.2) is 4.98 Å². The summed E-state index contributed by atoms with van der Waals surface area (Å²) in [5.41, 5.74) is -0.288. The lowest BCUT2D eigenvalue weighted by Gasteiger charge is -2.09. The number of hydrogen-bond donors (Lipinski definition) is 1. The van der Waals surface area contributed by atoms with Gasteiger partial charge in [-0.05, 0) is 6.92 Å². The molecule has 0 aliphatic heterocycles. The van der Waals surface area contributed by atoms with Crippen LogP contribution in [0.15, 0.2) is 12.7 Å². The average Bonchev–Trinajstić information content (AvgIpc) is 2.35. The van der Waals surface area contributed by atoms with Crippen LogP contribution in [0.2, 0.25) is 0 Å². The largest absolute Gasteiger partial charge is 0.470 e. The van der Waals surface area contributed by atoms with Crippen molar-refractivity contribution in [2.24, 2.45) is 0 Å². The van der Waals surface area contributed by atoms with Crippen molar-refractivity contribution in [1.29, 1.82) is 0 Å². The van der Waals surface area contributed by atoms with Crippen molar-refractivity contribution in [3.63, 3.8) is 0 Å². The molecule has 0 atom stereocenters. The molecule has 0 saturated carbocycles. The first kappa shape index (κ1) is 14.8. The molecule has 8 heteroatoms. The van der Waals surface area contributed by atoms with Crippen LogP contribution in [0.1, 0.15) is 5.82 Å². The monoisotopic (exact) mass is 268 g/mol. The highest BCUT2D eigenvalue weighted by Gasteiger charge is 2.25. The van der Waals surface area contributed by atoms with Gasteiger partial charge >= 0.3 is 5.69 Å². The van der Waals surface area contributed by atoms with Crippen LogP contribution in [0.3, 0.4) is 0 Å². The highest BCUT2D eigenvalue weighted by molar-refractivity contribution is 5.61. The summed E-state index contributed by atoms with van der Waals surface area (Å²) in [6, 6.07) is 0. The Morgan fingerprint density at radius 1 is 1.47 bits per heavy atom. The molecule has 1 N–H and O–H groups in total. The lowest BCUT2D eigenvalue weighted by Crippen LogP contribution is -2.12. The summed E-state index contributed by atoms with van der Waals surface area (Å²) < 4.78 is 10.1. The minimum Gasteiger partial charge on any atom is -0.470 e. The molecule has 0 radical (unpaired) electrons. The summed E-state index contributed by atoms with van der Waals surface area (Å²) >= 11 is 0. The number of aryl methyl sites for hydroxylation is 1. The van der Waals surface area contributed by atoms with Crippen LogP contribution in [0.5, 0.6) is 5.88 Å². The second-order valence-electron chi connectivity index (χ2n) is 3.54. The number of anilines is 1. The highest BCUT2D eigenvalue weighted by atomic mass is 16.6. The fourth-order valence-electron chi connectivity index (χ4n) is 1.32. The van der Waals surface area contributed by atoms with E-state index in [4.69, 9.17) is 9.47 Å². The molecule has 0 bridgehead atoms. The predicted octanol–water partition coefficient (Wildman–Crippen LogP) is 1.32. The Morgan fingerprint density at radius 2 is 2.21 bits per heavy atom. The maximum Gasteiger partial charge on any atom is 0.372 e. The molecule has 0 unspecified atom stereocenters. The van der Waals surface area contributed by atoms with E-state index in [1.165, 1.54) is 7.11 Å². The van der Waals surface area contributed by atoms with Gasteiger partial charge in [-0.15, -0.1) is 6.58 Å². The third-order valence-electron chi connectivity index (χ3n) is 2.09. The van der Waals surface area contributed by atoms with Gasteiger partial charge < -0.3 is 14.8 Å². The number of ether oxygens (including phenoxy) is 2. The van der Waals surface area contributed by atoms with E-state index in [-0.39, 0.29) is 24.0 Å². The molecule has 0 saturated heterocycles. The van der Waals surface area contributed by atoms with Crippen LogP contribution in [0, 0.1) is 17.0 Å². The van der Waals surface area contributed by atoms with E-state index in [2.05, 4.69) is 21.9 Å². The molecule has 104 valence electrons. The number of nitrogens with one attached hydrogen (secondary N) is 1. The zero-order valence-electron chi connectivity index (χ0n) is 10.9. The highest BCUT2D eigenvalue weighted by Crippen LogP contribution is 2.31. The van der Waals surface area contributed by atoms with Crippen LogP contribution >= 0.6 is 0 Å². The van der Waals surface area contributed by atoms with Gasteiger partial charge in [0.2, 0.25) is 5.82 Å². The van der Waals surface area contributed by atoms with E-state index in [1.807, 2.05) is 0 Å². The molecule has 0 amide bonds. The molecule has 0 aliphatic carbocycles. The molecule has 0 fully saturated rings. The topological polar surface area (TPSA) is 99.4 Å². The Balaban J connectivity index is 3.08. The molecular weight excluding hydrogens is 252 g/mol. The number of methoxy groups -OCH3 is 1. The van der Waals surface area contributed by atoms with E-state index in [0.29, 0.717) is 19.0 Å². The minimum atomic E-state index is -0.576. The smallest absolute Gasteiger partial charge is 0.372 e. The molecule has 1 aromatic heterocycles. The fraction of sp³-hybridized carbons (Fsp3) is 0.455. The van der Waals surface area contributed by atoms with Gasteiger partial charge in [-0.1, -0.05) is 6.08 Å². The number of aromatic nitrogens is 2. The van der Waals surface area contributed by atoms with Crippen molar-refractivity contribution in [1.82, 2.24) is 9.97 Å². The van der Waals surface area contributed by atoms with Crippen molar-refractivity contribution in [3.8, 4) is 5.88 Å². The second-order valence-corrected chi connectivity index (χ2v) is 3.54. The van der Waals surface area contributed by atoms with Crippen LogP contribution in [-0.2, 0) is 4.74 Å².